The van der Waals surface area contributed by atoms with Gasteiger partial charge in [-0.25, -0.2) is 13.4 Å². The van der Waals surface area contributed by atoms with Crippen LogP contribution in [0.3, 0.4) is 0 Å². The number of hydrogen-bond acceptors (Lipinski definition) is 7. The average molecular weight is 497 g/mol. The Morgan fingerprint density at radius 2 is 1.79 bits per heavy atom. The van der Waals surface area contributed by atoms with Crippen LogP contribution in [0.25, 0.3) is 10.2 Å². The number of sulfonamides is 1. The fourth-order valence-corrected chi connectivity index (χ4v) is 5.66. The number of anilines is 1. The summed E-state index contributed by atoms with van der Waals surface area (Å²) in [5, 5.41) is 13.9. The van der Waals surface area contributed by atoms with Crippen LogP contribution in [0.2, 0.25) is 0 Å². The molecule has 0 unspecified atom stereocenters. The van der Waals surface area contributed by atoms with Crippen LogP contribution in [0, 0.1) is 10.1 Å². The van der Waals surface area contributed by atoms with Crippen LogP contribution >= 0.6 is 11.3 Å². The van der Waals surface area contributed by atoms with Crippen molar-refractivity contribution in [3.05, 3.63) is 94.0 Å². The molecule has 1 N–H and O–H groups in total. The number of fused-ring (bicyclic) bond motifs is 1. The van der Waals surface area contributed by atoms with E-state index < -0.39 is 20.9 Å². The van der Waals surface area contributed by atoms with Crippen LogP contribution < -0.4 is 5.32 Å². The zero-order valence-electron chi connectivity index (χ0n) is 18.0. The van der Waals surface area contributed by atoms with Crippen molar-refractivity contribution in [1.29, 1.82) is 0 Å². The van der Waals surface area contributed by atoms with E-state index in [1.54, 1.807) is 6.92 Å². The minimum Gasteiger partial charge on any atom is -0.298 e. The lowest BCUT2D eigenvalue weighted by atomic mass is 10.2. The van der Waals surface area contributed by atoms with Gasteiger partial charge >= 0.3 is 0 Å². The zero-order valence-corrected chi connectivity index (χ0v) is 19.7. The summed E-state index contributed by atoms with van der Waals surface area (Å²) in [6.07, 6.45) is 0. The van der Waals surface area contributed by atoms with Crippen molar-refractivity contribution in [2.45, 2.75) is 18.4 Å². The maximum Gasteiger partial charge on any atom is 0.270 e. The summed E-state index contributed by atoms with van der Waals surface area (Å²) in [4.78, 5) is 27.5. The van der Waals surface area contributed by atoms with E-state index in [9.17, 15) is 23.3 Å². The van der Waals surface area contributed by atoms with Crippen LogP contribution in [0.15, 0.2) is 77.7 Å². The molecule has 4 rings (SSSR count). The van der Waals surface area contributed by atoms with E-state index in [2.05, 4.69) is 10.3 Å². The summed E-state index contributed by atoms with van der Waals surface area (Å²) in [5.74, 6) is -0.464. The molecule has 0 atom stereocenters. The molecular formula is C23H20N4O5S2. The fourth-order valence-electron chi connectivity index (χ4n) is 3.33. The van der Waals surface area contributed by atoms with Crippen LogP contribution in [0.1, 0.15) is 22.8 Å². The molecule has 0 aliphatic rings. The summed E-state index contributed by atoms with van der Waals surface area (Å²) < 4.78 is 28.1. The van der Waals surface area contributed by atoms with Gasteiger partial charge in [0.05, 0.1) is 20.0 Å². The van der Waals surface area contributed by atoms with Gasteiger partial charge in [-0.05, 0) is 35.9 Å². The number of nitrogens with zero attached hydrogens (tertiary/aromatic N) is 3. The molecule has 1 aromatic heterocycles. The number of nitrogens with one attached hydrogen (secondary N) is 1. The number of thiazole rings is 1. The first-order chi connectivity index (χ1) is 16.3. The Morgan fingerprint density at radius 1 is 1.09 bits per heavy atom. The number of rotatable bonds is 8. The highest BCUT2D eigenvalue weighted by molar-refractivity contribution is 7.89. The smallest absolute Gasteiger partial charge is 0.270 e. The van der Waals surface area contributed by atoms with E-state index in [1.807, 2.05) is 30.3 Å². The van der Waals surface area contributed by atoms with Gasteiger partial charge in [0.1, 0.15) is 0 Å². The molecule has 174 valence electrons. The maximum atomic E-state index is 13.1. The molecule has 0 radical (unpaired) electrons. The molecule has 9 nitrogen and oxygen atoms in total. The van der Waals surface area contributed by atoms with E-state index >= 15 is 0 Å². The first-order valence-electron chi connectivity index (χ1n) is 10.3. The molecule has 4 aromatic rings. The number of hydrogen-bond donors (Lipinski definition) is 1. The molecule has 0 saturated carbocycles. The molecule has 1 heterocycles. The van der Waals surface area contributed by atoms with Gasteiger partial charge in [-0.3, -0.25) is 20.2 Å². The molecule has 0 fully saturated rings. The number of carbonyl (C=O) groups is 1. The zero-order chi connectivity index (χ0) is 24.3. The molecule has 0 bridgehead atoms. The molecule has 3 aromatic carbocycles. The Labute approximate surface area is 199 Å². The second kappa shape index (κ2) is 9.67. The Morgan fingerprint density at radius 3 is 2.44 bits per heavy atom. The lowest BCUT2D eigenvalue weighted by Gasteiger charge is -2.20. The summed E-state index contributed by atoms with van der Waals surface area (Å²) in [6, 6.07) is 19.3. The van der Waals surface area contributed by atoms with E-state index in [0.717, 1.165) is 16.9 Å². The van der Waals surface area contributed by atoms with Crippen molar-refractivity contribution in [2.24, 2.45) is 0 Å². The largest absolute Gasteiger partial charge is 0.298 e. The van der Waals surface area contributed by atoms with Gasteiger partial charge in [0.25, 0.3) is 11.6 Å². The van der Waals surface area contributed by atoms with Gasteiger partial charge in [-0.15, -0.1) is 0 Å². The SMILES string of the molecule is CCN(Cc1ccccc1)S(=O)(=O)c1ccc(C(=O)Nc2nc3ccc([N+](=O)[O-])cc3s2)cc1. The number of aromatic nitrogens is 1. The molecule has 34 heavy (non-hydrogen) atoms. The second-order valence-electron chi connectivity index (χ2n) is 7.32. The van der Waals surface area contributed by atoms with E-state index in [1.165, 1.54) is 46.8 Å². The summed E-state index contributed by atoms with van der Waals surface area (Å²) in [5.41, 5.74) is 1.62. The third-order valence-electron chi connectivity index (χ3n) is 5.11. The third-order valence-corrected chi connectivity index (χ3v) is 7.98. The number of nitro groups is 1. The lowest BCUT2D eigenvalue weighted by Crippen LogP contribution is -2.30. The van der Waals surface area contributed by atoms with E-state index in [0.29, 0.717) is 16.8 Å². The predicted molar refractivity (Wildman–Crippen MR) is 130 cm³/mol. The minimum atomic E-state index is -3.74. The number of non-ortho nitro benzene ring substituents is 1. The monoisotopic (exact) mass is 496 g/mol. The predicted octanol–water partition coefficient (Wildman–Crippen LogP) is 4.67. The third kappa shape index (κ3) is 4.96. The first kappa shape index (κ1) is 23.5. The molecule has 0 aliphatic heterocycles. The van der Waals surface area contributed by atoms with Crippen LogP contribution in [0.4, 0.5) is 10.8 Å². The number of amides is 1. The van der Waals surface area contributed by atoms with Crippen molar-refractivity contribution < 1.29 is 18.1 Å². The summed E-state index contributed by atoms with van der Waals surface area (Å²) in [6.45, 7) is 2.32. The van der Waals surface area contributed by atoms with Crippen LogP contribution in [-0.4, -0.2) is 35.1 Å². The molecule has 1 amide bonds. The highest BCUT2D eigenvalue weighted by Gasteiger charge is 2.23. The normalized spacial score (nSPS) is 11.6. The van der Waals surface area contributed by atoms with Gasteiger partial charge in [-0.2, -0.15) is 4.31 Å². The maximum absolute atomic E-state index is 13.1. The second-order valence-corrected chi connectivity index (χ2v) is 10.3. The van der Waals surface area contributed by atoms with E-state index in [-0.39, 0.29) is 27.8 Å². The number of nitro benzene ring substituents is 1. The first-order valence-corrected chi connectivity index (χ1v) is 12.5. The molecule has 11 heteroatoms. The topological polar surface area (TPSA) is 123 Å². The van der Waals surface area contributed by atoms with Crippen molar-refractivity contribution in [2.75, 3.05) is 11.9 Å². The molecular weight excluding hydrogens is 476 g/mol. The van der Waals surface area contributed by atoms with E-state index in [4.69, 9.17) is 0 Å². The highest BCUT2D eigenvalue weighted by atomic mass is 32.2. The van der Waals surface area contributed by atoms with Gasteiger partial charge < -0.3 is 0 Å². The highest BCUT2D eigenvalue weighted by Crippen LogP contribution is 2.29. The Bertz CT molecular complexity index is 1450. The standard InChI is InChI=1S/C23H20N4O5S2/c1-2-26(15-16-6-4-3-5-7-16)34(31,32)19-11-8-17(9-12-19)22(28)25-23-24-20-13-10-18(27(29)30)14-21(20)33-23/h3-14H,2,15H2,1H3,(H,24,25,28). The van der Waals surface area contributed by atoms with Gasteiger partial charge in [0.15, 0.2) is 5.13 Å². The average Bonchev–Trinajstić information content (AvgIpc) is 3.24. The van der Waals surface area contributed by atoms with Crippen molar-refractivity contribution in [3.8, 4) is 0 Å². The van der Waals surface area contributed by atoms with Gasteiger partial charge in [0, 0.05) is 30.8 Å². The number of carbonyl (C=O) groups excluding carboxylic acids is 1. The Hall–Kier alpha value is -3.67. The lowest BCUT2D eigenvalue weighted by molar-refractivity contribution is -0.384. The van der Waals surface area contributed by atoms with Crippen LogP contribution in [0.5, 0.6) is 0 Å². The summed E-state index contributed by atoms with van der Waals surface area (Å²) in [7, 11) is -3.74. The van der Waals surface area contributed by atoms with Crippen LogP contribution in [-0.2, 0) is 16.6 Å². The quantitative estimate of drug-likeness (QED) is 0.279. The molecule has 0 spiro atoms. The molecule has 0 saturated heterocycles. The Balaban J connectivity index is 1.49. The minimum absolute atomic E-state index is 0.0563. The summed E-state index contributed by atoms with van der Waals surface area (Å²) >= 11 is 1.12. The fraction of sp³-hybridized carbons (Fsp3) is 0.130. The van der Waals surface area contributed by atoms with Crippen molar-refractivity contribution in [1.82, 2.24) is 9.29 Å². The van der Waals surface area contributed by atoms with Gasteiger partial charge in [-0.1, -0.05) is 48.6 Å². The molecule has 0 aliphatic carbocycles. The Kier molecular flexibility index (Phi) is 6.68. The van der Waals surface area contributed by atoms with Crippen molar-refractivity contribution in [3.63, 3.8) is 0 Å². The van der Waals surface area contributed by atoms with Gasteiger partial charge in [0.2, 0.25) is 10.0 Å². The van der Waals surface area contributed by atoms with Crippen molar-refractivity contribution >= 4 is 48.3 Å². The number of benzene rings is 3.